The second-order valence-electron chi connectivity index (χ2n) is 14.7. The Morgan fingerprint density at radius 2 is 1.19 bits per heavy atom. The molecule has 63 heavy (non-hydrogen) atoms. The van der Waals surface area contributed by atoms with Crippen LogP contribution >= 0.6 is 81.2 Å². The molecule has 1 atom stereocenters. The maximum atomic E-state index is 15.4. The molecule has 0 saturated carbocycles. The van der Waals surface area contributed by atoms with E-state index < -0.39 is 72.6 Å². The van der Waals surface area contributed by atoms with Crippen molar-refractivity contribution in [2.75, 3.05) is 0 Å². The van der Waals surface area contributed by atoms with E-state index in [1.54, 1.807) is 27.7 Å². The fraction of sp³-hybridized carbons (Fsp3) is 0.263. The number of hydrogen-bond donors (Lipinski definition) is 3. The number of alkyl halides is 6. The third kappa shape index (κ3) is 9.92. The molecule has 0 aliphatic carbocycles. The minimum absolute atomic E-state index is 0.0251. The first-order chi connectivity index (χ1) is 28.9. The number of rotatable bonds is 4. The van der Waals surface area contributed by atoms with E-state index in [-0.39, 0.29) is 74.3 Å². The number of oxime groups is 2. The highest BCUT2D eigenvalue weighted by atomic mass is 35.5. The van der Waals surface area contributed by atoms with E-state index in [2.05, 4.69) is 16.9 Å². The second kappa shape index (κ2) is 18.4. The molecule has 4 aromatic carbocycles. The predicted molar refractivity (Wildman–Crippen MR) is 228 cm³/mol. The monoisotopic (exact) mass is 1030 g/mol. The molecule has 0 saturated heterocycles. The second-order valence-corrected chi connectivity index (χ2v) is 17.5. The van der Waals surface area contributed by atoms with Gasteiger partial charge in [0.2, 0.25) is 0 Å². The van der Waals surface area contributed by atoms with Crippen LogP contribution in [0.2, 0.25) is 30.1 Å². The summed E-state index contributed by atoms with van der Waals surface area (Å²) in [5.41, 5.74) is -6.36. The molecule has 0 spiro atoms. The Labute approximate surface area is 389 Å². The summed E-state index contributed by atoms with van der Waals surface area (Å²) in [6, 6.07) is 9.60. The number of benzene rings is 4. The molecule has 3 aliphatic heterocycles. The Kier molecular flexibility index (Phi) is 14.9. The Bertz CT molecular complexity index is 2520. The first-order valence-electron chi connectivity index (χ1n) is 17.5. The maximum absolute atomic E-state index is 15.4. The number of halogens is 15. The zero-order valence-corrected chi connectivity index (χ0v) is 37.6. The lowest BCUT2D eigenvalue weighted by molar-refractivity contribution is -0.275. The van der Waals surface area contributed by atoms with E-state index >= 15 is 4.39 Å². The molecule has 3 aliphatic rings. The Hall–Kier alpha value is -3.00. The van der Waals surface area contributed by atoms with Gasteiger partial charge in [-0.25, -0.2) is 8.78 Å². The van der Waals surface area contributed by atoms with Gasteiger partial charge in [-0.3, -0.25) is 0 Å². The average molecular weight is 1030 g/mol. The first kappa shape index (κ1) is 51.0. The van der Waals surface area contributed by atoms with E-state index in [0.717, 1.165) is 24.3 Å². The summed E-state index contributed by atoms with van der Waals surface area (Å²) in [5.74, 6) is -1.49. The van der Waals surface area contributed by atoms with Crippen LogP contribution in [0.4, 0.5) is 35.1 Å². The van der Waals surface area contributed by atoms with Crippen molar-refractivity contribution < 1.29 is 64.5 Å². The van der Waals surface area contributed by atoms with Crippen molar-refractivity contribution in [1.29, 1.82) is 0 Å². The van der Waals surface area contributed by atoms with Crippen molar-refractivity contribution in [2.45, 2.75) is 63.3 Å². The molecule has 3 N–H and O–H groups in total. The SMILES string of the molecule is C=C(c1cc(Cl)c(Cl)c(Cl)c1)C(F)(F)F.CC1(C)OB(O)c2ccc(C(Cl)=NO)c(F)c21.CC1(C)OB(O)c2ccc(C3=NOC(c4cc(Cl)c(Cl)c(Cl)c4)(C(F)(F)F)C3)c(F)c21. The largest absolute Gasteiger partial charge is 0.492 e. The van der Waals surface area contributed by atoms with Gasteiger partial charge >= 0.3 is 26.6 Å². The lowest BCUT2D eigenvalue weighted by Crippen LogP contribution is -2.42. The quantitative estimate of drug-likeness (QED) is 0.0469. The number of allylic oxidation sites excluding steroid dienone is 1. The standard InChI is InChI=1S/C19H13BCl3F4NO3.C10H10BClFNO3.C9H4Cl3F3/c1-17(2)14-10(20(29)30-17)4-3-9(16(14)24)13-7-18(31-28-13,19(25,26)27)8-5-11(21)15(23)12(22)6-8;1-10(2)7-6(11(15)17-10)4-3-5(8(7)13)9(12)14-16;1-4(9(13,14)15)5-2-6(10)8(12)7(11)3-5/h3-6,29H,7H2,1-2H3;3-4,15-16H,1-2H3;2-3H,1H2. The van der Waals surface area contributed by atoms with Crippen LogP contribution in [0, 0.1) is 11.6 Å². The molecule has 0 aromatic heterocycles. The molecule has 0 bridgehead atoms. The van der Waals surface area contributed by atoms with Gasteiger partial charge in [0.15, 0.2) is 5.17 Å². The molecular formula is C38H27B2Cl7F8N2O6. The fourth-order valence-corrected chi connectivity index (χ4v) is 8.12. The molecule has 8 nitrogen and oxygen atoms in total. The summed E-state index contributed by atoms with van der Waals surface area (Å²) in [6.07, 6.45) is -10.3. The summed E-state index contributed by atoms with van der Waals surface area (Å²) < 4.78 is 120. The third-order valence-electron chi connectivity index (χ3n) is 9.83. The molecule has 0 radical (unpaired) electrons. The normalized spacial score (nSPS) is 18.7. The van der Waals surface area contributed by atoms with E-state index in [4.69, 9.17) is 101 Å². The van der Waals surface area contributed by atoms with Gasteiger partial charge in [-0.05, 0) is 74.5 Å². The Morgan fingerprint density at radius 1 is 0.746 bits per heavy atom. The van der Waals surface area contributed by atoms with Gasteiger partial charge in [0.05, 0.1) is 64.6 Å². The summed E-state index contributed by atoms with van der Waals surface area (Å²) >= 11 is 40.1. The molecule has 25 heteroatoms. The Balaban J connectivity index is 0.000000197. The van der Waals surface area contributed by atoms with Crippen LogP contribution in [0.1, 0.15) is 67.5 Å². The number of hydrogen-bond acceptors (Lipinski definition) is 8. The van der Waals surface area contributed by atoms with Gasteiger partial charge in [0.1, 0.15) is 11.6 Å². The van der Waals surface area contributed by atoms with Crippen LogP contribution in [0.25, 0.3) is 5.57 Å². The molecule has 7 rings (SSSR count). The minimum Gasteiger partial charge on any atom is -0.423 e. The lowest BCUT2D eigenvalue weighted by Gasteiger charge is -2.30. The lowest BCUT2D eigenvalue weighted by atomic mass is 9.76. The zero-order valence-electron chi connectivity index (χ0n) is 32.3. The smallest absolute Gasteiger partial charge is 0.423 e. The fourth-order valence-electron chi connectivity index (χ4n) is 6.79. The molecule has 0 fully saturated rings. The van der Waals surface area contributed by atoms with Gasteiger partial charge in [-0.2, -0.15) is 26.3 Å². The zero-order chi connectivity index (χ0) is 47.5. The molecular weight excluding hydrogens is 1000 g/mol. The van der Waals surface area contributed by atoms with Crippen LogP contribution < -0.4 is 10.9 Å². The maximum Gasteiger partial charge on any atom is 0.492 e. The van der Waals surface area contributed by atoms with Gasteiger partial charge in [0.25, 0.3) is 5.60 Å². The summed E-state index contributed by atoms with van der Waals surface area (Å²) in [5, 5.41) is 33.6. The highest BCUT2D eigenvalue weighted by molar-refractivity contribution is 6.69. The van der Waals surface area contributed by atoms with E-state index in [1.807, 2.05) is 0 Å². The van der Waals surface area contributed by atoms with E-state index in [9.17, 15) is 40.8 Å². The van der Waals surface area contributed by atoms with Gasteiger partial charge in [0, 0.05) is 22.3 Å². The van der Waals surface area contributed by atoms with Crippen LogP contribution in [0.15, 0.2) is 65.4 Å². The molecule has 1 unspecified atom stereocenters. The summed E-state index contributed by atoms with van der Waals surface area (Å²) in [4.78, 5) is 4.91. The van der Waals surface area contributed by atoms with Crippen LogP contribution in [-0.4, -0.2) is 52.7 Å². The summed E-state index contributed by atoms with van der Waals surface area (Å²) in [7, 11) is -2.50. The molecule has 3 heterocycles. The van der Waals surface area contributed by atoms with Crippen LogP contribution in [-0.2, 0) is 30.9 Å². The van der Waals surface area contributed by atoms with Crippen molar-refractivity contribution in [1.82, 2.24) is 0 Å². The van der Waals surface area contributed by atoms with Crippen LogP contribution in [0.5, 0.6) is 0 Å². The van der Waals surface area contributed by atoms with Crippen molar-refractivity contribution in [3.8, 4) is 0 Å². The van der Waals surface area contributed by atoms with Gasteiger partial charge in [-0.1, -0.05) is 116 Å². The van der Waals surface area contributed by atoms with Crippen LogP contribution in [0.3, 0.4) is 0 Å². The number of nitrogens with zero attached hydrogens (tertiary/aromatic N) is 2. The highest BCUT2D eigenvalue weighted by Gasteiger charge is 2.63. The summed E-state index contributed by atoms with van der Waals surface area (Å²) in [6.45, 7) is 9.28. The first-order valence-corrected chi connectivity index (χ1v) is 20.2. The predicted octanol–water partition coefficient (Wildman–Crippen LogP) is 11.7. The van der Waals surface area contributed by atoms with Gasteiger partial charge in [-0.15, -0.1) is 0 Å². The molecule has 4 aromatic rings. The topological polar surface area (TPSA) is 113 Å². The minimum atomic E-state index is -4.94. The Morgan fingerprint density at radius 3 is 1.63 bits per heavy atom. The van der Waals surface area contributed by atoms with Crippen molar-refractivity contribution >= 4 is 123 Å². The van der Waals surface area contributed by atoms with Crippen molar-refractivity contribution in [3.05, 3.63) is 130 Å². The average Bonchev–Trinajstić information content (AvgIpc) is 3.81. The van der Waals surface area contributed by atoms with E-state index in [1.165, 1.54) is 24.3 Å². The number of fused-ring (bicyclic) bond motifs is 2. The van der Waals surface area contributed by atoms with Gasteiger partial charge < -0.3 is 29.4 Å². The molecule has 336 valence electrons. The highest BCUT2D eigenvalue weighted by Crippen LogP contribution is 2.51. The van der Waals surface area contributed by atoms with Crippen molar-refractivity contribution in [3.63, 3.8) is 0 Å². The van der Waals surface area contributed by atoms with Crippen molar-refractivity contribution in [2.24, 2.45) is 10.3 Å². The third-order valence-corrected chi connectivity index (χ3v) is 12.5. The molecule has 0 amide bonds. The van der Waals surface area contributed by atoms with E-state index in [0.29, 0.717) is 5.46 Å².